The fourth-order valence-corrected chi connectivity index (χ4v) is 4.59. The molecule has 0 amide bonds. The van der Waals surface area contributed by atoms with E-state index >= 15 is 0 Å². The maximum atomic E-state index is 12.7. The van der Waals surface area contributed by atoms with Gasteiger partial charge in [0.25, 0.3) is 0 Å². The average molecular weight is 341 g/mol. The van der Waals surface area contributed by atoms with Gasteiger partial charge in [-0.25, -0.2) is 0 Å². The van der Waals surface area contributed by atoms with E-state index in [1.807, 2.05) is 0 Å². The average Bonchev–Trinajstić information content (AvgIpc) is 2.39. The molecule has 4 heteroatoms. The van der Waals surface area contributed by atoms with Crippen molar-refractivity contribution in [1.29, 1.82) is 0 Å². The molecule has 4 atom stereocenters. The second kappa shape index (κ2) is 8.59. The predicted molar refractivity (Wildman–Crippen MR) is 99.1 cm³/mol. The van der Waals surface area contributed by atoms with E-state index in [-0.39, 0.29) is 24.0 Å². The van der Waals surface area contributed by atoms with Gasteiger partial charge in [-0.3, -0.25) is 4.79 Å². The molecule has 0 aromatic heterocycles. The van der Waals surface area contributed by atoms with Gasteiger partial charge >= 0.3 is 0 Å². The first-order chi connectivity index (χ1) is 10.6. The van der Waals surface area contributed by atoms with Gasteiger partial charge in [0.2, 0.25) is 0 Å². The first-order valence-corrected chi connectivity index (χ1v) is 12.4. The Bertz CT molecular complexity index is 423. The summed E-state index contributed by atoms with van der Waals surface area (Å²) in [4.78, 5) is 12.7. The van der Waals surface area contributed by atoms with Crippen LogP contribution in [0.2, 0.25) is 19.6 Å². The number of ketones is 1. The Hall–Kier alpha value is -0.453. The van der Waals surface area contributed by atoms with Gasteiger partial charge in [-0.15, -0.1) is 0 Å². The number of methoxy groups -OCH3 is 1. The lowest BCUT2D eigenvalue weighted by atomic mass is 9.74. The molecule has 0 N–H and O–H groups in total. The van der Waals surface area contributed by atoms with E-state index in [0.29, 0.717) is 18.1 Å². The zero-order chi connectivity index (χ0) is 17.8. The minimum Gasteiger partial charge on any atom is -0.412 e. The number of hydrogen-bond donors (Lipinski definition) is 0. The van der Waals surface area contributed by atoms with Crippen LogP contribution in [0.25, 0.3) is 0 Å². The van der Waals surface area contributed by atoms with Crippen LogP contribution in [0.15, 0.2) is 11.6 Å². The van der Waals surface area contributed by atoms with Crippen LogP contribution in [0.1, 0.15) is 47.0 Å². The molecule has 0 radical (unpaired) electrons. The standard InChI is InChI=1S/C19H36O3Si/c1-13(2)10-9-11-14(3)17-16(20)12-15(4)18(19(17)21-5)22-23(6,7)8/h11,13,15,17-19H,9-10,12H2,1-8H3/t15-,17-,18?,19?/m1/s1. The first kappa shape index (κ1) is 20.6. The van der Waals surface area contributed by atoms with Crippen molar-refractivity contribution >= 4 is 14.1 Å². The highest BCUT2D eigenvalue weighted by Gasteiger charge is 2.45. The molecular formula is C19H36O3Si. The van der Waals surface area contributed by atoms with Crippen molar-refractivity contribution in [2.45, 2.75) is 78.8 Å². The third-order valence-electron chi connectivity index (χ3n) is 4.55. The van der Waals surface area contributed by atoms with E-state index in [4.69, 9.17) is 9.16 Å². The summed E-state index contributed by atoms with van der Waals surface area (Å²) in [5, 5.41) is 0. The SMILES string of the molecule is COC1C(O[Si](C)(C)C)[C@H](C)CC(=O)[C@H]1C(C)=CCCC(C)C. The number of Topliss-reactive ketones (excluding diaryl/α,β-unsaturated/α-hetero) is 1. The van der Waals surface area contributed by atoms with Crippen molar-refractivity contribution in [3.8, 4) is 0 Å². The van der Waals surface area contributed by atoms with Crippen LogP contribution < -0.4 is 0 Å². The van der Waals surface area contributed by atoms with Crippen molar-refractivity contribution in [3.05, 3.63) is 11.6 Å². The highest BCUT2D eigenvalue weighted by atomic mass is 28.4. The molecule has 0 saturated heterocycles. The highest BCUT2D eigenvalue weighted by Crippen LogP contribution is 2.36. The van der Waals surface area contributed by atoms with Crippen LogP contribution in [0.5, 0.6) is 0 Å². The maximum absolute atomic E-state index is 12.7. The van der Waals surface area contributed by atoms with Crippen LogP contribution >= 0.6 is 0 Å². The topological polar surface area (TPSA) is 35.5 Å². The molecule has 0 aromatic rings. The molecule has 0 aliphatic heterocycles. The molecule has 0 heterocycles. The van der Waals surface area contributed by atoms with Gasteiger partial charge in [0.15, 0.2) is 8.32 Å². The molecule has 0 spiro atoms. The Balaban J connectivity index is 2.97. The largest absolute Gasteiger partial charge is 0.412 e. The Morgan fingerprint density at radius 2 is 1.91 bits per heavy atom. The molecule has 1 rings (SSSR count). The Morgan fingerprint density at radius 1 is 1.30 bits per heavy atom. The van der Waals surface area contributed by atoms with E-state index in [9.17, 15) is 4.79 Å². The van der Waals surface area contributed by atoms with E-state index in [0.717, 1.165) is 18.4 Å². The van der Waals surface area contributed by atoms with Gasteiger partial charge in [-0.05, 0) is 51.2 Å². The van der Waals surface area contributed by atoms with Crippen molar-refractivity contribution < 1.29 is 14.0 Å². The molecule has 1 fully saturated rings. The number of ether oxygens (including phenoxy) is 1. The van der Waals surface area contributed by atoms with Crippen molar-refractivity contribution in [2.24, 2.45) is 17.8 Å². The summed E-state index contributed by atoms with van der Waals surface area (Å²) in [5.74, 6) is 1.06. The van der Waals surface area contributed by atoms with Gasteiger partial charge in [0.1, 0.15) is 5.78 Å². The number of carbonyl (C=O) groups is 1. The van der Waals surface area contributed by atoms with Gasteiger partial charge in [0, 0.05) is 13.5 Å². The van der Waals surface area contributed by atoms with Gasteiger partial charge in [-0.1, -0.05) is 32.4 Å². The summed E-state index contributed by atoms with van der Waals surface area (Å²) in [6, 6.07) is 0. The van der Waals surface area contributed by atoms with E-state index in [2.05, 4.69) is 53.4 Å². The quantitative estimate of drug-likeness (QED) is 0.492. The summed E-state index contributed by atoms with van der Waals surface area (Å²) in [7, 11) is 0.0313. The highest BCUT2D eigenvalue weighted by molar-refractivity contribution is 6.69. The smallest absolute Gasteiger partial charge is 0.184 e. The summed E-state index contributed by atoms with van der Waals surface area (Å²) in [6.45, 7) is 15.2. The fraction of sp³-hybridized carbons (Fsp3) is 0.842. The fourth-order valence-electron chi connectivity index (χ4n) is 3.40. The van der Waals surface area contributed by atoms with Gasteiger partial charge < -0.3 is 9.16 Å². The number of allylic oxidation sites excluding steroid dienone is 1. The molecule has 1 saturated carbocycles. The Labute approximate surface area is 144 Å². The molecule has 0 bridgehead atoms. The number of hydrogen-bond acceptors (Lipinski definition) is 3. The summed E-state index contributed by atoms with van der Waals surface area (Å²) < 4.78 is 12.2. The molecular weight excluding hydrogens is 304 g/mol. The third kappa shape index (κ3) is 6.16. The molecule has 1 aliphatic carbocycles. The lowest BCUT2D eigenvalue weighted by molar-refractivity contribution is -0.140. The van der Waals surface area contributed by atoms with Crippen molar-refractivity contribution in [1.82, 2.24) is 0 Å². The lowest BCUT2D eigenvalue weighted by Crippen LogP contribution is -2.53. The van der Waals surface area contributed by atoms with E-state index in [1.54, 1.807) is 7.11 Å². The van der Waals surface area contributed by atoms with Crippen LogP contribution in [-0.2, 0) is 14.0 Å². The molecule has 1 aliphatic rings. The second-order valence-electron chi connectivity index (χ2n) is 8.44. The molecule has 0 aromatic carbocycles. The van der Waals surface area contributed by atoms with Crippen molar-refractivity contribution in [3.63, 3.8) is 0 Å². The molecule has 3 nitrogen and oxygen atoms in total. The van der Waals surface area contributed by atoms with Crippen molar-refractivity contribution in [2.75, 3.05) is 7.11 Å². The normalized spacial score (nSPS) is 30.1. The minimum absolute atomic E-state index is 0.0165. The Kier molecular flexibility index (Phi) is 7.69. The van der Waals surface area contributed by atoms with Crippen LogP contribution in [0.4, 0.5) is 0 Å². The summed E-state index contributed by atoms with van der Waals surface area (Å²) >= 11 is 0. The lowest BCUT2D eigenvalue weighted by Gasteiger charge is -2.43. The van der Waals surface area contributed by atoms with Gasteiger partial charge in [0.05, 0.1) is 18.1 Å². The molecule has 134 valence electrons. The third-order valence-corrected chi connectivity index (χ3v) is 5.53. The van der Waals surface area contributed by atoms with Gasteiger partial charge in [-0.2, -0.15) is 0 Å². The second-order valence-corrected chi connectivity index (χ2v) is 12.9. The first-order valence-electron chi connectivity index (χ1n) is 8.96. The maximum Gasteiger partial charge on any atom is 0.184 e. The number of rotatable bonds is 7. The summed E-state index contributed by atoms with van der Waals surface area (Å²) in [5.41, 5.74) is 1.15. The monoisotopic (exact) mass is 340 g/mol. The van der Waals surface area contributed by atoms with Crippen LogP contribution in [0, 0.1) is 17.8 Å². The van der Waals surface area contributed by atoms with E-state index < -0.39 is 8.32 Å². The van der Waals surface area contributed by atoms with Crippen LogP contribution in [-0.4, -0.2) is 33.4 Å². The van der Waals surface area contributed by atoms with E-state index in [1.165, 1.54) is 0 Å². The Morgan fingerprint density at radius 3 is 2.39 bits per heavy atom. The van der Waals surface area contributed by atoms with Crippen LogP contribution in [0.3, 0.4) is 0 Å². The zero-order valence-electron chi connectivity index (χ0n) is 16.3. The summed E-state index contributed by atoms with van der Waals surface area (Å²) in [6.07, 6.45) is 4.86. The minimum atomic E-state index is -1.68. The molecule has 2 unspecified atom stereocenters. The molecule has 23 heavy (non-hydrogen) atoms. The number of carbonyl (C=O) groups excluding carboxylic acids is 1. The predicted octanol–water partition coefficient (Wildman–Crippen LogP) is 4.83. The zero-order valence-corrected chi connectivity index (χ0v) is 17.3.